The number of hydrogen-bond donors (Lipinski definition) is 2. The van der Waals surface area contributed by atoms with E-state index in [0.717, 1.165) is 25.6 Å². The van der Waals surface area contributed by atoms with Crippen molar-refractivity contribution in [1.29, 1.82) is 0 Å². The van der Waals surface area contributed by atoms with Gasteiger partial charge >= 0.3 is 0 Å². The highest BCUT2D eigenvalue weighted by Gasteiger charge is 2.36. The Labute approximate surface area is 249 Å². The van der Waals surface area contributed by atoms with Gasteiger partial charge in [0.1, 0.15) is 11.5 Å². The molecule has 0 spiro atoms. The molecule has 3 aliphatic rings. The summed E-state index contributed by atoms with van der Waals surface area (Å²) in [5.74, 6) is -2.29. The second kappa shape index (κ2) is 12.3. The molecule has 11 heteroatoms. The predicted molar refractivity (Wildman–Crippen MR) is 157 cm³/mol. The van der Waals surface area contributed by atoms with Crippen molar-refractivity contribution in [1.82, 2.24) is 24.7 Å². The number of benzene rings is 2. The molecule has 2 fully saturated rings. The molecule has 2 N–H and O–H groups in total. The lowest BCUT2D eigenvalue weighted by molar-refractivity contribution is -0.129. The summed E-state index contributed by atoms with van der Waals surface area (Å²) < 4.78 is 28.9. The number of piperidine rings is 2. The number of nitrogens with one attached hydrogen (secondary N) is 1. The van der Waals surface area contributed by atoms with Gasteiger partial charge in [-0.2, -0.15) is 0 Å². The number of fused-ring (bicyclic) bond motifs is 1. The Hall–Kier alpha value is -3.96. The fraction of sp³-hybridized carbons (Fsp3) is 0.438. The lowest BCUT2D eigenvalue weighted by Gasteiger charge is -2.43. The Morgan fingerprint density at radius 2 is 1.67 bits per heavy atom. The van der Waals surface area contributed by atoms with E-state index in [9.17, 15) is 23.5 Å². The number of hydrogen-bond acceptors (Lipinski definition) is 7. The average Bonchev–Trinajstić information content (AvgIpc) is 3.02. The summed E-state index contributed by atoms with van der Waals surface area (Å²) in [5, 5.41) is 14.5. The molecule has 0 radical (unpaired) electrons. The Balaban J connectivity index is 1.21. The molecule has 2 aromatic carbocycles. The molecule has 4 heterocycles. The standard InChI is InChI=1S/C32H36F2N6O3/c1-20(41)38-14-10-23(11-15-38)35-29-17-26(36-31(37-29)24-7-4-8-25(33)30(24)34)32(43)40-16-12-27(28(42)19-40)39-13-9-21-5-2-3-6-22(21)18-39/h2-8,17,23,27-28,42H,9-16,18-19H2,1H3,(H,35,36,37)/t27-,28-/m1/s1. The van der Waals surface area contributed by atoms with Gasteiger partial charge in [0, 0.05) is 64.3 Å². The van der Waals surface area contributed by atoms with Gasteiger partial charge in [-0.3, -0.25) is 14.5 Å². The maximum absolute atomic E-state index is 14.8. The number of aromatic nitrogens is 2. The van der Waals surface area contributed by atoms with E-state index < -0.39 is 23.6 Å². The Morgan fingerprint density at radius 3 is 2.42 bits per heavy atom. The quantitative estimate of drug-likeness (QED) is 0.469. The number of β-amino-alcohol motifs (C(OH)–C–C–N with tert-alkyl or cyclic N) is 1. The van der Waals surface area contributed by atoms with Crippen molar-refractivity contribution >= 4 is 17.6 Å². The van der Waals surface area contributed by atoms with Crippen LogP contribution in [-0.4, -0.2) is 92.5 Å². The molecule has 0 unspecified atom stereocenters. The molecule has 9 nitrogen and oxygen atoms in total. The molecule has 0 bridgehead atoms. The summed E-state index contributed by atoms with van der Waals surface area (Å²) in [7, 11) is 0. The summed E-state index contributed by atoms with van der Waals surface area (Å²) >= 11 is 0. The van der Waals surface area contributed by atoms with Gasteiger partial charge in [-0.05, 0) is 48.9 Å². The Kier molecular flexibility index (Phi) is 8.36. The topological polar surface area (TPSA) is 102 Å². The molecule has 3 aromatic rings. The molecular formula is C32H36F2N6O3. The number of nitrogens with zero attached hydrogens (tertiary/aromatic N) is 5. The summed E-state index contributed by atoms with van der Waals surface area (Å²) in [6, 6.07) is 13.6. The largest absolute Gasteiger partial charge is 0.390 e. The van der Waals surface area contributed by atoms with Gasteiger partial charge in [0.15, 0.2) is 17.5 Å². The molecule has 1 aromatic heterocycles. The number of aliphatic hydroxyl groups is 1. The normalized spacial score (nSPS) is 21.4. The predicted octanol–water partition coefficient (Wildman–Crippen LogP) is 3.48. The van der Waals surface area contributed by atoms with E-state index >= 15 is 0 Å². The van der Waals surface area contributed by atoms with Gasteiger partial charge in [-0.25, -0.2) is 18.7 Å². The first-order valence-corrected chi connectivity index (χ1v) is 14.9. The number of amides is 2. The number of carbonyl (C=O) groups is 2. The van der Waals surface area contributed by atoms with Gasteiger partial charge in [0.2, 0.25) is 5.91 Å². The van der Waals surface area contributed by atoms with Crippen LogP contribution in [0, 0.1) is 11.6 Å². The first-order chi connectivity index (χ1) is 20.8. The first-order valence-electron chi connectivity index (χ1n) is 14.9. The van der Waals surface area contributed by atoms with Crippen LogP contribution < -0.4 is 5.32 Å². The van der Waals surface area contributed by atoms with Gasteiger partial charge in [-0.1, -0.05) is 30.3 Å². The van der Waals surface area contributed by atoms with E-state index in [1.54, 1.807) is 16.7 Å². The summed E-state index contributed by atoms with van der Waals surface area (Å²) in [4.78, 5) is 40.0. The number of rotatable bonds is 5. The summed E-state index contributed by atoms with van der Waals surface area (Å²) in [6.45, 7) is 4.90. The number of halogens is 2. The molecule has 6 rings (SSSR count). The first kappa shape index (κ1) is 29.1. The molecule has 226 valence electrons. The molecule has 2 atom stereocenters. The van der Waals surface area contributed by atoms with Crippen LogP contribution in [0.5, 0.6) is 0 Å². The van der Waals surface area contributed by atoms with Crippen molar-refractivity contribution in [3.05, 3.63) is 77.0 Å². The summed E-state index contributed by atoms with van der Waals surface area (Å²) in [6.07, 6.45) is 2.14. The maximum Gasteiger partial charge on any atom is 0.272 e. The van der Waals surface area contributed by atoms with Crippen LogP contribution in [0.1, 0.15) is 47.8 Å². The zero-order valence-corrected chi connectivity index (χ0v) is 24.2. The van der Waals surface area contributed by atoms with Gasteiger partial charge in [-0.15, -0.1) is 0 Å². The monoisotopic (exact) mass is 590 g/mol. The molecule has 43 heavy (non-hydrogen) atoms. The number of anilines is 1. The van der Waals surface area contributed by atoms with Gasteiger partial charge < -0.3 is 20.2 Å². The van der Waals surface area contributed by atoms with Crippen LogP contribution in [0.25, 0.3) is 11.4 Å². The molecule has 0 aliphatic carbocycles. The molecular weight excluding hydrogens is 554 g/mol. The van der Waals surface area contributed by atoms with E-state index in [4.69, 9.17) is 0 Å². The van der Waals surface area contributed by atoms with Crippen molar-refractivity contribution in [2.75, 3.05) is 38.0 Å². The van der Waals surface area contributed by atoms with Crippen LogP contribution in [0.3, 0.4) is 0 Å². The minimum absolute atomic E-state index is 0.0216. The fourth-order valence-corrected chi connectivity index (χ4v) is 6.47. The van der Waals surface area contributed by atoms with Crippen LogP contribution in [-0.2, 0) is 17.8 Å². The lowest BCUT2D eigenvalue weighted by Crippen LogP contribution is -2.56. The molecule has 2 saturated heterocycles. The second-order valence-corrected chi connectivity index (χ2v) is 11.7. The van der Waals surface area contributed by atoms with E-state index in [1.165, 1.54) is 29.3 Å². The highest BCUT2D eigenvalue weighted by molar-refractivity contribution is 5.93. The fourth-order valence-electron chi connectivity index (χ4n) is 6.47. The molecule has 3 aliphatic heterocycles. The van der Waals surface area contributed by atoms with Crippen molar-refractivity contribution in [2.24, 2.45) is 0 Å². The third-order valence-corrected chi connectivity index (χ3v) is 8.89. The smallest absolute Gasteiger partial charge is 0.272 e. The maximum atomic E-state index is 14.8. The van der Waals surface area contributed by atoms with Crippen molar-refractivity contribution < 1.29 is 23.5 Å². The average molecular weight is 591 g/mol. The highest BCUT2D eigenvalue weighted by atomic mass is 19.2. The lowest BCUT2D eigenvalue weighted by atomic mass is 9.94. The zero-order valence-electron chi connectivity index (χ0n) is 24.2. The van der Waals surface area contributed by atoms with Crippen LogP contribution in [0.15, 0.2) is 48.5 Å². The van der Waals surface area contributed by atoms with Gasteiger partial charge in [0.05, 0.1) is 11.7 Å². The summed E-state index contributed by atoms with van der Waals surface area (Å²) in [5.41, 5.74) is 2.50. The van der Waals surface area contributed by atoms with Crippen LogP contribution in [0.2, 0.25) is 0 Å². The number of carbonyl (C=O) groups excluding carboxylic acids is 2. The highest BCUT2D eigenvalue weighted by Crippen LogP contribution is 2.28. The Bertz CT molecular complexity index is 1510. The van der Waals surface area contributed by atoms with E-state index in [2.05, 4.69) is 32.3 Å². The van der Waals surface area contributed by atoms with Crippen molar-refractivity contribution in [3.63, 3.8) is 0 Å². The van der Waals surface area contributed by atoms with Crippen LogP contribution in [0.4, 0.5) is 14.6 Å². The number of likely N-dealkylation sites (tertiary alicyclic amines) is 2. The van der Waals surface area contributed by atoms with E-state index in [1.807, 2.05) is 12.1 Å². The third kappa shape index (κ3) is 6.23. The van der Waals surface area contributed by atoms with Crippen molar-refractivity contribution in [2.45, 2.75) is 57.3 Å². The molecule has 2 amide bonds. The molecule has 0 saturated carbocycles. The number of aliphatic hydroxyl groups excluding tert-OH is 1. The van der Waals surface area contributed by atoms with E-state index in [-0.39, 0.29) is 41.6 Å². The van der Waals surface area contributed by atoms with Crippen molar-refractivity contribution in [3.8, 4) is 11.4 Å². The third-order valence-electron chi connectivity index (χ3n) is 8.89. The zero-order chi connectivity index (χ0) is 30.1. The Morgan fingerprint density at radius 1 is 0.930 bits per heavy atom. The van der Waals surface area contributed by atoms with Gasteiger partial charge in [0.25, 0.3) is 5.91 Å². The van der Waals surface area contributed by atoms with Crippen LogP contribution >= 0.6 is 0 Å². The SMILES string of the molecule is CC(=O)N1CCC(Nc2cc(C(=O)N3CC[C@@H](N4CCc5ccccc5C4)[C@H](O)C3)nc(-c3cccc(F)c3F)n2)CC1. The second-order valence-electron chi connectivity index (χ2n) is 11.7. The minimum Gasteiger partial charge on any atom is -0.390 e. The van der Waals surface area contributed by atoms with E-state index in [0.29, 0.717) is 44.7 Å². The minimum atomic E-state index is -1.09.